The summed E-state index contributed by atoms with van der Waals surface area (Å²) in [5, 5.41) is 10.9. The molecule has 1 aliphatic carbocycles. The zero-order chi connectivity index (χ0) is 20.4. The molecule has 1 fully saturated rings. The summed E-state index contributed by atoms with van der Waals surface area (Å²) in [6.07, 6.45) is 1.99. The molecule has 0 aromatic rings. The van der Waals surface area contributed by atoms with E-state index in [1.807, 2.05) is 6.92 Å². The maximum atomic E-state index is 12.3. The summed E-state index contributed by atoms with van der Waals surface area (Å²) < 4.78 is 16.1. The van der Waals surface area contributed by atoms with Gasteiger partial charge in [-0.05, 0) is 26.0 Å². The maximum Gasteiger partial charge on any atom is 0.340 e. The zero-order valence-corrected chi connectivity index (χ0v) is 16.6. The van der Waals surface area contributed by atoms with Crippen LogP contribution in [0, 0.1) is 5.92 Å². The number of carbonyl (C=O) groups excluding carboxylic acids is 3. The molecule has 5 atom stereocenters. The van der Waals surface area contributed by atoms with Crippen molar-refractivity contribution in [2.45, 2.75) is 64.4 Å². The number of hydrogen-bond donors (Lipinski definition) is 1. The topological polar surface area (TPSA) is 99.1 Å². The van der Waals surface area contributed by atoms with Crippen LogP contribution in [-0.2, 0) is 28.6 Å². The van der Waals surface area contributed by atoms with E-state index < -0.39 is 47.7 Å². The monoisotopic (exact) mass is 400 g/mol. The number of halogens is 1. The summed E-state index contributed by atoms with van der Waals surface area (Å²) in [5.74, 6) is -3.03. The lowest BCUT2D eigenvalue weighted by atomic mass is 9.79. The number of ether oxygens (including phenoxy) is 3. The molecule has 8 heteroatoms. The standard InChI is InChI=1S/C19H25ClO7/c1-10-5-14(25-12(3)21)6-11(2)8-16-17(15(7-10)26-13(4)22)19(24,9-20)18(23)27-16/h5,8,14-17,24H,6-7,9H2,1-4H3/b10-5-,11-8-/t14-,15-,16-,17-,19+/m1/s1. The third kappa shape index (κ3) is 4.90. The molecule has 2 aliphatic rings. The van der Waals surface area contributed by atoms with Gasteiger partial charge in [-0.1, -0.05) is 11.1 Å². The van der Waals surface area contributed by atoms with E-state index in [0.717, 1.165) is 11.1 Å². The van der Waals surface area contributed by atoms with E-state index >= 15 is 0 Å². The number of aliphatic hydroxyl groups is 1. The van der Waals surface area contributed by atoms with Gasteiger partial charge in [0.25, 0.3) is 0 Å². The molecule has 0 aromatic heterocycles. The van der Waals surface area contributed by atoms with Crippen molar-refractivity contribution in [1.82, 2.24) is 0 Å². The fraction of sp³-hybridized carbons (Fsp3) is 0.632. The first-order valence-electron chi connectivity index (χ1n) is 8.75. The number of carbonyl (C=O) groups is 3. The second-order valence-electron chi connectivity index (χ2n) is 7.18. The van der Waals surface area contributed by atoms with Crippen molar-refractivity contribution in [1.29, 1.82) is 0 Å². The molecule has 1 saturated heterocycles. The molecule has 0 unspecified atom stereocenters. The number of rotatable bonds is 3. The lowest BCUT2D eigenvalue weighted by Crippen LogP contribution is -2.50. The fourth-order valence-corrected chi connectivity index (χ4v) is 3.97. The number of fused-ring (bicyclic) bond motifs is 1. The predicted molar refractivity (Wildman–Crippen MR) is 96.9 cm³/mol. The third-order valence-electron chi connectivity index (χ3n) is 4.71. The second-order valence-corrected chi connectivity index (χ2v) is 7.45. The Hall–Kier alpha value is -1.86. The first kappa shape index (κ1) is 21.4. The first-order valence-corrected chi connectivity index (χ1v) is 9.28. The molecular weight excluding hydrogens is 376 g/mol. The van der Waals surface area contributed by atoms with E-state index in [0.29, 0.717) is 6.42 Å². The van der Waals surface area contributed by atoms with E-state index in [4.69, 9.17) is 25.8 Å². The van der Waals surface area contributed by atoms with Gasteiger partial charge in [0.1, 0.15) is 18.3 Å². The average molecular weight is 401 g/mol. The van der Waals surface area contributed by atoms with Crippen molar-refractivity contribution < 1.29 is 33.7 Å². The van der Waals surface area contributed by atoms with Gasteiger partial charge in [-0.15, -0.1) is 11.6 Å². The van der Waals surface area contributed by atoms with Crippen molar-refractivity contribution in [3.63, 3.8) is 0 Å². The second kappa shape index (κ2) is 8.44. The molecule has 150 valence electrons. The largest absolute Gasteiger partial charge is 0.462 e. The molecule has 7 nitrogen and oxygen atoms in total. The Bertz CT molecular complexity index is 684. The minimum absolute atomic E-state index is 0.237. The van der Waals surface area contributed by atoms with E-state index in [-0.39, 0.29) is 12.3 Å². The minimum atomic E-state index is -1.96. The molecule has 0 saturated carbocycles. The molecule has 0 spiro atoms. The Morgan fingerprint density at radius 1 is 1.19 bits per heavy atom. The van der Waals surface area contributed by atoms with Crippen LogP contribution in [0.25, 0.3) is 0 Å². The van der Waals surface area contributed by atoms with Crippen LogP contribution in [0.1, 0.15) is 40.5 Å². The van der Waals surface area contributed by atoms with Gasteiger partial charge in [-0.25, -0.2) is 4.79 Å². The Labute approximate surface area is 163 Å². The van der Waals surface area contributed by atoms with Gasteiger partial charge in [-0.3, -0.25) is 9.59 Å². The molecule has 0 amide bonds. The smallest absolute Gasteiger partial charge is 0.340 e. The van der Waals surface area contributed by atoms with Gasteiger partial charge in [0.15, 0.2) is 5.60 Å². The van der Waals surface area contributed by atoms with Crippen LogP contribution in [0.5, 0.6) is 0 Å². The van der Waals surface area contributed by atoms with Crippen LogP contribution >= 0.6 is 11.6 Å². The summed E-state index contributed by atoms with van der Waals surface area (Å²) in [6.45, 7) is 6.20. The summed E-state index contributed by atoms with van der Waals surface area (Å²) >= 11 is 5.90. The molecule has 27 heavy (non-hydrogen) atoms. The van der Waals surface area contributed by atoms with Crippen molar-refractivity contribution in [3.05, 3.63) is 23.3 Å². The van der Waals surface area contributed by atoms with Crippen molar-refractivity contribution in [2.75, 3.05) is 5.88 Å². The Kier molecular flexibility index (Phi) is 6.70. The van der Waals surface area contributed by atoms with E-state index in [2.05, 4.69) is 0 Å². The van der Waals surface area contributed by atoms with E-state index in [1.165, 1.54) is 13.8 Å². The highest BCUT2D eigenvalue weighted by Gasteiger charge is 2.59. The van der Waals surface area contributed by atoms with Crippen molar-refractivity contribution in [3.8, 4) is 0 Å². The predicted octanol–water partition coefficient (Wildman–Crippen LogP) is 2.05. The van der Waals surface area contributed by atoms with E-state index in [1.54, 1.807) is 19.1 Å². The molecule has 1 heterocycles. The Morgan fingerprint density at radius 3 is 2.33 bits per heavy atom. The third-order valence-corrected chi connectivity index (χ3v) is 5.11. The van der Waals surface area contributed by atoms with E-state index in [9.17, 15) is 19.5 Å². The summed E-state index contributed by atoms with van der Waals surface area (Å²) in [4.78, 5) is 35.3. The highest BCUT2D eigenvalue weighted by Crippen LogP contribution is 2.40. The maximum absolute atomic E-state index is 12.3. The van der Waals surface area contributed by atoms with Gasteiger partial charge in [-0.2, -0.15) is 0 Å². The fourth-order valence-electron chi connectivity index (χ4n) is 3.68. The lowest BCUT2D eigenvalue weighted by molar-refractivity contribution is -0.159. The number of alkyl halides is 1. The van der Waals surface area contributed by atoms with Crippen molar-refractivity contribution in [2.24, 2.45) is 5.92 Å². The molecule has 0 bridgehead atoms. The first-order chi connectivity index (χ1) is 12.6. The average Bonchev–Trinajstić information content (AvgIpc) is 2.75. The van der Waals surface area contributed by atoms with Gasteiger partial charge in [0, 0.05) is 26.7 Å². The number of esters is 3. The molecule has 1 aliphatic heterocycles. The SMILES string of the molecule is CC(=O)O[C@@H]1/C=C(/C)C[C@@H](OC(C)=O)[C@@H]2[C@@H](/C=C(/C)C1)OC(=O)[C@]2(O)CCl. The van der Waals surface area contributed by atoms with Gasteiger partial charge < -0.3 is 19.3 Å². The molecular formula is C19H25ClO7. The lowest BCUT2D eigenvalue weighted by Gasteiger charge is -2.33. The highest BCUT2D eigenvalue weighted by atomic mass is 35.5. The minimum Gasteiger partial charge on any atom is -0.462 e. The molecule has 1 N–H and O–H groups in total. The van der Waals surface area contributed by atoms with Crippen LogP contribution in [0.4, 0.5) is 0 Å². The van der Waals surface area contributed by atoms with Gasteiger partial charge in [0.2, 0.25) is 0 Å². The van der Waals surface area contributed by atoms with Crippen LogP contribution in [0.2, 0.25) is 0 Å². The normalized spacial score (nSPS) is 37.8. The van der Waals surface area contributed by atoms with Gasteiger partial charge in [0.05, 0.1) is 11.8 Å². The van der Waals surface area contributed by atoms with Crippen LogP contribution < -0.4 is 0 Å². The Balaban J connectivity index is 2.50. The van der Waals surface area contributed by atoms with Crippen molar-refractivity contribution >= 4 is 29.5 Å². The summed E-state index contributed by atoms with van der Waals surface area (Å²) in [7, 11) is 0. The van der Waals surface area contributed by atoms with Crippen LogP contribution in [0.3, 0.4) is 0 Å². The van der Waals surface area contributed by atoms with Gasteiger partial charge >= 0.3 is 17.9 Å². The zero-order valence-electron chi connectivity index (χ0n) is 15.9. The number of hydrogen-bond acceptors (Lipinski definition) is 7. The highest BCUT2D eigenvalue weighted by molar-refractivity contribution is 6.20. The van der Waals surface area contributed by atoms with Crippen LogP contribution in [-0.4, -0.2) is 52.8 Å². The molecule has 0 radical (unpaired) electrons. The quantitative estimate of drug-likeness (QED) is 0.335. The summed E-state index contributed by atoms with van der Waals surface area (Å²) in [6, 6.07) is 0. The molecule has 0 aromatic carbocycles. The van der Waals surface area contributed by atoms with Crippen LogP contribution in [0.15, 0.2) is 23.3 Å². The molecule has 2 rings (SSSR count). The summed E-state index contributed by atoms with van der Waals surface area (Å²) in [5.41, 5.74) is -0.370. The Morgan fingerprint density at radius 2 is 1.78 bits per heavy atom.